The average Bonchev–Trinajstić information content (AvgIpc) is 2.97. The molecule has 0 aromatic carbocycles. The first-order valence-electron chi connectivity index (χ1n) is 6.45. The van der Waals surface area contributed by atoms with Crippen LogP contribution in [0.15, 0.2) is 0 Å². The van der Waals surface area contributed by atoms with E-state index in [0.717, 1.165) is 31.6 Å². The Kier molecular flexibility index (Phi) is 4.00. The van der Waals surface area contributed by atoms with Crippen LogP contribution < -0.4 is 5.73 Å². The van der Waals surface area contributed by atoms with Crippen molar-refractivity contribution in [1.82, 2.24) is 9.80 Å². The summed E-state index contributed by atoms with van der Waals surface area (Å²) in [4.78, 5) is 5.21. The van der Waals surface area contributed by atoms with E-state index in [1.54, 1.807) is 0 Å². The molecule has 3 heteroatoms. The number of likely N-dealkylation sites (tertiary alicyclic amines) is 1. The van der Waals surface area contributed by atoms with E-state index in [1.807, 2.05) is 0 Å². The van der Waals surface area contributed by atoms with E-state index in [9.17, 15) is 0 Å². The van der Waals surface area contributed by atoms with E-state index in [-0.39, 0.29) is 0 Å². The minimum absolute atomic E-state index is 0.821. The van der Waals surface area contributed by atoms with Crippen molar-refractivity contribution in [3.63, 3.8) is 0 Å². The molecule has 1 aliphatic heterocycles. The van der Waals surface area contributed by atoms with Gasteiger partial charge in [-0.05, 0) is 58.8 Å². The molecular weight excluding hydrogens is 186 g/mol. The van der Waals surface area contributed by atoms with Crippen molar-refractivity contribution in [2.75, 3.05) is 33.2 Å². The monoisotopic (exact) mass is 211 g/mol. The molecule has 2 rings (SSSR count). The molecule has 0 aromatic rings. The Morgan fingerprint density at radius 1 is 1.33 bits per heavy atom. The van der Waals surface area contributed by atoms with E-state index in [2.05, 4.69) is 16.8 Å². The summed E-state index contributed by atoms with van der Waals surface area (Å²) in [7, 11) is 2.24. The number of hydrogen-bond donors (Lipinski definition) is 1. The Bertz CT molecular complexity index is 191. The topological polar surface area (TPSA) is 32.5 Å². The third-order valence-corrected chi connectivity index (χ3v) is 3.70. The minimum atomic E-state index is 0.821. The SMILES string of the molecule is CN(CCCN)CC1CCCN1C1CC1. The third kappa shape index (κ3) is 3.16. The van der Waals surface area contributed by atoms with Gasteiger partial charge in [-0.2, -0.15) is 0 Å². The van der Waals surface area contributed by atoms with Crippen LogP contribution >= 0.6 is 0 Å². The van der Waals surface area contributed by atoms with Gasteiger partial charge in [0, 0.05) is 18.6 Å². The summed E-state index contributed by atoms with van der Waals surface area (Å²) in [5, 5.41) is 0. The number of hydrogen-bond acceptors (Lipinski definition) is 3. The standard InChI is InChI=1S/C12H25N3/c1-14(8-3-7-13)10-12-4-2-9-15(12)11-5-6-11/h11-12H,2-10,13H2,1H3. The van der Waals surface area contributed by atoms with Gasteiger partial charge >= 0.3 is 0 Å². The van der Waals surface area contributed by atoms with Crippen molar-refractivity contribution in [2.45, 2.75) is 44.2 Å². The molecule has 88 valence electrons. The maximum atomic E-state index is 5.53. The highest BCUT2D eigenvalue weighted by molar-refractivity contribution is 4.93. The number of rotatable bonds is 6. The average molecular weight is 211 g/mol. The number of nitrogens with zero attached hydrogens (tertiary/aromatic N) is 2. The van der Waals surface area contributed by atoms with Gasteiger partial charge in [0.05, 0.1) is 0 Å². The van der Waals surface area contributed by atoms with Gasteiger partial charge in [-0.1, -0.05) is 0 Å². The summed E-state index contributed by atoms with van der Waals surface area (Å²) in [6.45, 7) is 4.57. The van der Waals surface area contributed by atoms with Crippen LogP contribution in [0.1, 0.15) is 32.1 Å². The summed E-state index contributed by atoms with van der Waals surface area (Å²) in [6.07, 6.45) is 6.84. The first-order chi connectivity index (χ1) is 7.31. The Labute approximate surface area is 93.6 Å². The fourth-order valence-electron chi connectivity index (χ4n) is 2.75. The Hall–Kier alpha value is -0.120. The van der Waals surface area contributed by atoms with E-state index >= 15 is 0 Å². The molecule has 1 saturated carbocycles. The lowest BCUT2D eigenvalue weighted by molar-refractivity contribution is 0.184. The molecule has 1 aliphatic carbocycles. The van der Waals surface area contributed by atoms with Crippen molar-refractivity contribution in [1.29, 1.82) is 0 Å². The molecular formula is C12H25N3. The van der Waals surface area contributed by atoms with E-state index in [1.165, 1.54) is 38.8 Å². The summed E-state index contributed by atoms with van der Waals surface area (Å²) in [6, 6.07) is 1.78. The van der Waals surface area contributed by atoms with Crippen LogP contribution in [0.3, 0.4) is 0 Å². The molecule has 0 radical (unpaired) electrons. The first-order valence-corrected chi connectivity index (χ1v) is 6.45. The van der Waals surface area contributed by atoms with Crippen molar-refractivity contribution in [3.05, 3.63) is 0 Å². The molecule has 0 amide bonds. The molecule has 0 aromatic heterocycles. The van der Waals surface area contributed by atoms with Crippen LogP contribution in [-0.4, -0.2) is 55.1 Å². The second kappa shape index (κ2) is 5.28. The van der Waals surface area contributed by atoms with Crippen molar-refractivity contribution >= 4 is 0 Å². The lowest BCUT2D eigenvalue weighted by atomic mass is 10.2. The van der Waals surface area contributed by atoms with Gasteiger partial charge in [0.1, 0.15) is 0 Å². The highest BCUT2D eigenvalue weighted by atomic mass is 15.3. The molecule has 2 N–H and O–H groups in total. The largest absolute Gasteiger partial charge is 0.330 e. The van der Waals surface area contributed by atoms with Crippen LogP contribution in [0.4, 0.5) is 0 Å². The maximum absolute atomic E-state index is 5.53. The summed E-state index contributed by atoms with van der Waals surface area (Å²) >= 11 is 0. The van der Waals surface area contributed by atoms with Gasteiger partial charge in [0.2, 0.25) is 0 Å². The fraction of sp³-hybridized carbons (Fsp3) is 1.00. The van der Waals surface area contributed by atoms with Gasteiger partial charge in [0.25, 0.3) is 0 Å². The molecule has 2 fully saturated rings. The molecule has 0 bridgehead atoms. The zero-order chi connectivity index (χ0) is 10.7. The molecule has 1 saturated heterocycles. The van der Waals surface area contributed by atoms with Crippen molar-refractivity contribution in [3.8, 4) is 0 Å². The lowest BCUT2D eigenvalue weighted by Gasteiger charge is -2.28. The van der Waals surface area contributed by atoms with Gasteiger partial charge in [-0.3, -0.25) is 4.90 Å². The molecule has 1 heterocycles. The minimum Gasteiger partial charge on any atom is -0.330 e. The zero-order valence-corrected chi connectivity index (χ0v) is 9.99. The second-order valence-corrected chi connectivity index (χ2v) is 5.17. The molecule has 0 spiro atoms. The van der Waals surface area contributed by atoms with Crippen LogP contribution in [0.2, 0.25) is 0 Å². The zero-order valence-electron chi connectivity index (χ0n) is 9.99. The van der Waals surface area contributed by atoms with Crippen molar-refractivity contribution < 1.29 is 0 Å². The van der Waals surface area contributed by atoms with E-state index in [0.29, 0.717) is 0 Å². The summed E-state index contributed by atoms with van der Waals surface area (Å²) in [5.74, 6) is 0. The first kappa shape index (κ1) is 11.4. The fourth-order valence-corrected chi connectivity index (χ4v) is 2.75. The molecule has 2 aliphatic rings. The van der Waals surface area contributed by atoms with Crippen LogP contribution in [-0.2, 0) is 0 Å². The van der Waals surface area contributed by atoms with E-state index < -0.39 is 0 Å². The number of nitrogens with two attached hydrogens (primary N) is 1. The maximum Gasteiger partial charge on any atom is 0.0226 e. The summed E-state index contributed by atoms with van der Waals surface area (Å²) in [5.41, 5.74) is 5.53. The Balaban J connectivity index is 1.72. The lowest BCUT2D eigenvalue weighted by Crippen LogP contribution is -2.40. The van der Waals surface area contributed by atoms with E-state index in [4.69, 9.17) is 5.73 Å². The Morgan fingerprint density at radius 3 is 2.80 bits per heavy atom. The highest BCUT2D eigenvalue weighted by Gasteiger charge is 2.36. The molecule has 15 heavy (non-hydrogen) atoms. The van der Waals surface area contributed by atoms with Crippen LogP contribution in [0, 0.1) is 0 Å². The predicted octanol–water partition coefficient (Wildman–Crippen LogP) is 0.894. The second-order valence-electron chi connectivity index (χ2n) is 5.17. The van der Waals surface area contributed by atoms with Gasteiger partial charge < -0.3 is 10.6 Å². The number of likely N-dealkylation sites (N-methyl/N-ethyl adjacent to an activating group) is 1. The smallest absolute Gasteiger partial charge is 0.0226 e. The van der Waals surface area contributed by atoms with Crippen LogP contribution in [0.25, 0.3) is 0 Å². The summed E-state index contributed by atoms with van der Waals surface area (Å²) < 4.78 is 0. The predicted molar refractivity (Wildman–Crippen MR) is 63.9 cm³/mol. The van der Waals surface area contributed by atoms with Gasteiger partial charge in [0.15, 0.2) is 0 Å². The molecule has 1 atom stereocenters. The Morgan fingerprint density at radius 2 is 2.13 bits per heavy atom. The highest BCUT2D eigenvalue weighted by Crippen LogP contribution is 2.33. The van der Waals surface area contributed by atoms with Crippen molar-refractivity contribution in [2.24, 2.45) is 5.73 Å². The third-order valence-electron chi connectivity index (χ3n) is 3.70. The normalized spacial score (nSPS) is 27.8. The quantitative estimate of drug-likeness (QED) is 0.708. The molecule has 1 unspecified atom stereocenters. The van der Waals surface area contributed by atoms with Gasteiger partial charge in [-0.15, -0.1) is 0 Å². The van der Waals surface area contributed by atoms with Crippen LogP contribution in [0.5, 0.6) is 0 Å². The molecule has 3 nitrogen and oxygen atoms in total. The van der Waals surface area contributed by atoms with Gasteiger partial charge in [-0.25, -0.2) is 0 Å².